The first-order valence-electron chi connectivity index (χ1n) is 9.36. The third-order valence-corrected chi connectivity index (χ3v) is 4.85. The number of fused-ring (bicyclic) bond motifs is 1. The highest BCUT2D eigenvalue weighted by molar-refractivity contribution is 6.08. The Morgan fingerprint density at radius 1 is 0.897 bits per heavy atom. The van der Waals surface area contributed by atoms with E-state index in [1.54, 1.807) is 14.2 Å². The topological polar surface area (TPSA) is 63.3 Å². The van der Waals surface area contributed by atoms with Gasteiger partial charge in [0.15, 0.2) is 11.5 Å². The minimum Gasteiger partial charge on any atom is -0.493 e. The van der Waals surface area contributed by atoms with Crippen LogP contribution in [0, 0.1) is 0 Å². The van der Waals surface area contributed by atoms with E-state index in [2.05, 4.69) is 10.3 Å². The molecule has 5 heteroatoms. The lowest BCUT2D eigenvalue weighted by Gasteiger charge is -2.11. The van der Waals surface area contributed by atoms with Crippen LogP contribution in [0.15, 0.2) is 72.8 Å². The summed E-state index contributed by atoms with van der Waals surface area (Å²) in [6, 6.07) is 23.4. The average molecular weight is 386 g/mol. The van der Waals surface area contributed by atoms with Gasteiger partial charge in [0.05, 0.1) is 32.0 Å². The van der Waals surface area contributed by atoms with Crippen LogP contribution in [0.3, 0.4) is 0 Å². The summed E-state index contributed by atoms with van der Waals surface area (Å²) in [6.07, 6.45) is 0.230. The molecule has 0 bridgehead atoms. The second-order valence-corrected chi connectivity index (χ2v) is 6.70. The molecule has 1 aromatic heterocycles. The van der Waals surface area contributed by atoms with Gasteiger partial charge in [-0.2, -0.15) is 0 Å². The van der Waals surface area contributed by atoms with E-state index in [9.17, 15) is 4.79 Å². The van der Waals surface area contributed by atoms with Crippen molar-refractivity contribution in [2.24, 2.45) is 0 Å². The molecule has 3 aromatic carbocycles. The van der Waals surface area contributed by atoms with Gasteiger partial charge in [-0.3, -0.25) is 4.79 Å². The molecule has 0 aliphatic rings. The maximum absolute atomic E-state index is 12.9. The Bertz CT molecular complexity index is 1150. The number of aromatic nitrogens is 1. The number of nitrogens with one attached hydrogen (secondary N) is 2. The lowest BCUT2D eigenvalue weighted by atomic mass is 10.1. The molecule has 29 heavy (non-hydrogen) atoms. The summed E-state index contributed by atoms with van der Waals surface area (Å²) in [5.41, 5.74) is 4.53. The fourth-order valence-corrected chi connectivity index (χ4v) is 3.45. The van der Waals surface area contributed by atoms with E-state index in [1.807, 2.05) is 72.8 Å². The second kappa shape index (κ2) is 8.10. The Morgan fingerprint density at radius 2 is 1.62 bits per heavy atom. The molecule has 0 unspecified atom stereocenters. The summed E-state index contributed by atoms with van der Waals surface area (Å²) in [5, 5.41) is 4.08. The fourth-order valence-electron chi connectivity index (χ4n) is 3.45. The second-order valence-electron chi connectivity index (χ2n) is 6.70. The number of aromatic amines is 1. The number of carbonyl (C=O) groups is 1. The number of carbonyl (C=O) groups excluding carboxylic acids is 1. The van der Waals surface area contributed by atoms with Crippen molar-refractivity contribution in [1.82, 2.24) is 4.98 Å². The molecule has 5 nitrogen and oxygen atoms in total. The molecule has 2 N–H and O–H groups in total. The predicted molar refractivity (Wildman–Crippen MR) is 116 cm³/mol. The van der Waals surface area contributed by atoms with Crippen LogP contribution < -0.4 is 14.8 Å². The maximum atomic E-state index is 12.9. The lowest BCUT2D eigenvalue weighted by Crippen LogP contribution is -2.14. The zero-order valence-electron chi connectivity index (χ0n) is 16.4. The molecule has 4 aromatic rings. The Morgan fingerprint density at radius 3 is 2.38 bits per heavy atom. The molecule has 0 aliphatic heterocycles. The lowest BCUT2D eigenvalue weighted by molar-refractivity contribution is -0.115. The molecule has 0 atom stereocenters. The highest BCUT2D eigenvalue weighted by Gasteiger charge is 2.16. The van der Waals surface area contributed by atoms with Crippen LogP contribution in [0.2, 0.25) is 0 Å². The summed E-state index contributed by atoms with van der Waals surface area (Å²) in [7, 11) is 3.17. The van der Waals surface area contributed by atoms with Crippen molar-refractivity contribution in [3.8, 4) is 22.8 Å². The molecule has 0 radical (unpaired) electrons. The van der Waals surface area contributed by atoms with Gasteiger partial charge in [0.1, 0.15) is 0 Å². The van der Waals surface area contributed by atoms with E-state index in [0.717, 1.165) is 33.4 Å². The SMILES string of the molecule is COc1ccc(CC(=O)Nc2c(-c3ccccc3)[nH]c3ccccc23)cc1OC. The number of methoxy groups -OCH3 is 2. The smallest absolute Gasteiger partial charge is 0.228 e. The number of H-pyrrole nitrogens is 1. The van der Waals surface area contributed by atoms with Crippen LogP contribution >= 0.6 is 0 Å². The first-order chi connectivity index (χ1) is 14.2. The molecule has 1 heterocycles. The Hall–Kier alpha value is -3.73. The maximum Gasteiger partial charge on any atom is 0.228 e. The van der Waals surface area contributed by atoms with Crippen LogP contribution in [-0.4, -0.2) is 25.1 Å². The molecule has 146 valence electrons. The number of para-hydroxylation sites is 1. The van der Waals surface area contributed by atoms with Gasteiger partial charge in [0.2, 0.25) is 5.91 Å². The largest absolute Gasteiger partial charge is 0.493 e. The molecule has 1 amide bonds. The van der Waals surface area contributed by atoms with Crippen molar-refractivity contribution < 1.29 is 14.3 Å². The van der Waals surface area contributed by atoms with Crippen LogP contribution in [-0.2, 0) is 11.2 Å². The summed E-state index contributed by atoms with van der Waals surface area (Å²) < 4.78 is 10.6. The number of amides is 1. The van der Waals surface area contributed by atoms with E-state index < -0.39 is 0 Å². The Balaban J connectivity index is 1.65. The van der Waals surface area contributed by atoms with E-state index in [1.165, 1.54) is 0 Å². The van der Waals surface area contributed by atoms with Crippen molar-refractivity contribution in [3.63, 3.8) is 0 Å². The monoisotopic (exact) mass is 386 g/mol. The van der Waals surface area contributed by atoms with Gasteiger partial charge >= 0.3 is 0 Å². The van der Waals surface area contributed by atoms with Crippen molar-refractivity contribution >= 4 is 22.5 Å². The number of rotatable bonds is 6. The van der Waals surface area contributed by atoms with Crippen LogP contribution in [0.25, 0.3) is 22.2 Å². The van der Waals surface area contributed by atoms with E-state index in [-0.39, 0.29) is 12.3 Å². The quantitative estimate of drug-likeness (QED) is 0.488. The zero-order chi connectivity index (χ0) is 20.2. The van der Waals surface area contributed by atoms with Gasteiger partial charge in [0.25, 0.3) is 0 Å². The average Bonchev–Trinajstić information content (AvgIpc) is 3.12. The molecule has 0 spiro atoms. The highest BCUT2D eigenvalue weighted by Crippen LogP contribution is 2.35. The fraction of sp³-hybridized carbons (Fsp3) is 0.125. The molecule has 4 rings (SSSR count). The van der Waals surface area contributed by atoms with Gasteiger partial charge in [-0.05, 0) is 23.8 Å². The van der Waals surface area contributed by atoms with Gasteiger partial charge < -0.3 is 19.8 Å². The molecular formula is C24H22N2O3. The number of anilines is 1. The molecule has 0 fully saturated rings. The Kier molecular flexibility index (Phi) is 5.20. The van der Waals surface area contributed by atoms with Crippen molar-refractivity contribution in [1.29, 1.82) is 0 Å². The summed E-state index contributed by atoms with van der Waals surface area (Å²) in [4.78, 5) is 16.3. The number of benzene rings is 3. The predicted octanol–water partition coefficient (Wildman–Crippen LogP) is 5.03. The first-order valence-corrected chi connectivity index (χ1v) is 9.36. The van der Waals surface area contributed by atoms with E-state index in [0.29, 0.717) is 11.5 Å². The zero-order valence-corrected chi connectivity index (χ0v) is 16.4. The van der Waals surface area contributed by atoms with Crippen LogP contribution in [0.4, 0.5) is 5.69 Å². The summed E-state index contributed by atoms with van der Waals surface area (Å²) in [6.45, 7) is 0. The van der Waals surface area contributed by atoms with Gasteiger partial charge in [-0.1, -0.05) is 54.6 Å². The van der Waals surface area contributed by atoms with Crippen LogP contribution in [0.5, 0.6) is 11.5 Å². The standard InChI is InChI=1S/C24H22N2O3/c1-28-20-13-12-16(14-21(20)29-2)15-22(27)26-24-18-10-6-7-11-19(18)25-23(24)17-8-4-3-5-9-17/h3-14,25H,15H2,1-2H3,(H,26,27). The van der Waals surface area contributed by atoms with Crippen LogP contribution in [0.1, 0.15) is 5.56 Å². The van der Waals surface area contributed by atoms with E-state index >= 15 is 0 Å². The minimum atomic E-state index is -0.0980. The van der Waals surface area contributed by atoms with Gasteiger partial charge in [-0.15, -0.1) is 0 Å². The third kappa shape index (κ3) is 3.80. The molecule has 0 aliphatic carbocycles. The van der Waals surface area contributed by atoms with E-state index in [4.69, 9.17) is 9.47 Å². The van der Waals surface area contributed by atoms with Gasteiger partial charge in [0, 0.05) is 16.5 Å². The summed E-state index contributed by atoms with van der Waals surface area (Å²) in [5.74, 6) is 1.15. The summed E-state index contributed by atoms with van der Waals surface area (Å²) >= 11 is 0. The van der Waals surface area contributed by atoms with Crippen molar-refractivity contribution in [3.05, 3.63) is 78.4 Å². The first kappa shape index (κ1) is 18.6. The van der Waals surface area contributed by atoms with Crippen molar-refractivity contribution in [2.75, 3.05) is 19.5 Å². The van der Waals surface area contributed by atoms with Gasteiger partial charge in [-0.25, -0.2) is 0 Å². The minimum absolute atomic E-state index is 0.0980. The molecule has 0 saturated carbocycles. The number of hydrogen-bond acceptors (Lipinski definition) is 3. The highest BCUT2D eigenvalue weighted by atomic mass is 16.5. The van der Waals surface area contributed by atoms with Crippen molar-refractivity contribution in [2.45, 2.75) is 6.42 Å². The Labute approximate surface area is 169 Å². The number of hydrogen-bond donors (Lipinski definition) is 2. The third-order valence-electron chi connectivity index (χ3n) is 4.85. The molecular weight excluding hydrogens is 364 g/mol. The normalized spacial score (nSPS) is 10.7. The number of ether oxygens (including phenoxy) is 2. The molecule has 0 saturated heterocycles.